The van der Waals surface area contributed by atoms with Crippen molar-refractivity contribution in [3.63, 3.8) is 0 Å². The van der Waals surface area contributed by atoms with Crippen molar-refractivity contribution in [3.05, 3.63) is 130 Å². The molecule has 0 amide bonds. The van der Waals surface area contributed by atoms with E-state index in [1.807, 2.05) is 60.7 Å². The third kappa shape index (κ3) is 3.83. The third-order valence-electron chi connectivity index (χ3n) is 7.18. The standard InChI is InChI=1S/C30H29N3O2/c1-29(2,21-13-7-5-8-14-21)23-19-24(30(3,4)22-15-9-6-10-16-22)28(34)27(20-23)33(35)31-25-17-11-12-18-26(25)32-33/h5-20,35H,1-4H3/p+1. The van der Waals surface area contributed by atoms with Crippen LogP contribution in [0.25, 0.3) is 0 Å². The molecule has 176 valence electrons. The van der Waals surface area contributed by atoms with Crippen molar-refractivity contribution in [2.45, 2.75) is 38.5 Å². The number of fused-ring (bicyclic) bond motifs is 1. The highest BCUT2D eigenvalue weighted by molar-refractivity contribution is 5.64. The van der Waals surface area contributed by atoms with Crippen molar-refractivity contribution < 1.29 is 10.3 Å². The van der Waals surface area contributed by atoms with Crippen molar-refractivity contribution in [1.82, 2.24) is 4.86 Å². The van der Waals surface area contributed by atoms with Crippen LogP contribution in [0.3, 0.4) is 0 Å². The number of quaternary nitrogens is 1. The van der Waals surface area contributed by atoms with Crippen LogP contribution in [0.4, 0.5) is 5.69 Å². The number of phenols is 1. The molecule has 0 saturated heterocycles. The Labute approximate surface area is 205 Å². The van der Waals surface area contributed by atoms with Gasteiger partial charge in [-0.2, -0.15) is 5.21 Å². The van der Waals surface area contributed by atoms with E-state index in [-0.39, 0.29) is 11.4 Å². The first-order chi connectivity index (χ1) is 16.6. The molecule has 5 rings (SSSR count). The molecule has 0 aromatic heterocycles. The van der Waals surface area contributed by atoms with Crippen LogP contribution in [0.1, 0.15) is 49.9 Å². The summed E-state index contributed by atoms with van der Waals surface area (Å²) in [6.45, 7) is 8.45. The lowest BCUT2D eigenvalue weighted by molar-refractivity contribution is -0.0809. The topological polar surface area (TPSA) is 65.2 Å². The van der Waals surface area contributed by atoms with Gasteiger partial charge in [0.05, 0.1) is 4.86 Å². The maximum Gasteiger partial charge on any atom is 0.265 e. The maximum atomic E-state index is 11.7. The van der Waals surface area contributed by atoms with E-state index in [0.29, 0.717) is 16.3 Å². The van der Waals surface area contributed by atoms with E-state index < -0.39 is 15.7 Å². The smallest absolute Gasteiger partial charge is 0.265 e. The molecule has 0 spiro atoms. The van der Waals surface area contributed by atoms with Crippen LogP contribution in [0.5, 0.6) is 5.75 Å². The first-order valence-electron chi connectivity index (χ1n) is 11.8. The second-order valence-corrected chi connectivity index (χ2v) is 10.1. The van der Waals surface area contributed by atoms with Gasteiger partial charge in [-0.1, -0.05) is 100 Å². The van der Waals surface area contributed by atoms with Gasteiger partial charge in [0.1, 0.15) is 0 Å². The van der Waals surface area contributed by atoms with E-state index in [9.17, 15) is 10.3 Å². The largest absolute Gasteiger partial charge is 0.502 e. The van der Waals surface area contributed by atoms with Crippen LogP contribution >= 0.6 is 0 Å². The summed E-state index contributed by atoms with van der Waals surface area (Å²) in [5.74, 6) is -0.0192. The summed E-state index contributed by atoms with van der Waals surface area (Å²) >= 11 is 0. The van der Waals surface area contributed by atoms with Gasteiger partial charge in [-0.05, 0) is 45.1 Å². The van der Waals surface area contributed by atoms with E-state index in [0.717, 1.165) is 16.7 Å². The van der Waals surface area contributed by atoms with E-state index in [1.165, 1.54) is 0 Å². The lowest BCUT2D eigenvalue weighted by atomic mass is 9.72. The summed E-state index contributed by atoms with van der Waals surface area (Å²) < 4.78 is 0. The molecule has 0 fully saturated rings. The normalized spacial score (nSPS) is 14.7. The third-order valence-corrected chi connectivity index (χ3v) is 7.18. The molecular weight excluding hydrogens is 434 g/mol. The van der Waals surface area contributed by atoms with Crippen LogP contribution in [-0.4, -0.2) is 10.3 Å². The number of benzene rings is 4. The highest BCUT2D eigenvalue weighted by Crippen LogP contribution is 2.47. The molecule has 1 heterocycles. The number of aromatic hydroxyl groups is 1. The Bertz CT molecular complexity index is 1480. The number of rotatable bonds is 5. The molecular formula is C30H30N3O2+. The Morgan fingerprint density at radius 2 is 1.06 bits per heavy atom. The van der Waals surface area contributed by atoms with Gasteiger partial charge < -0.3 is 5.11 Å². The zero-order chi connectivity index (χ0) is 24.8. The summed E-state index contributed by atoms with van der Waals surface area (Å²) in [5.41, 5.74) is 3.10. The summed E-state index contributed by atoms with van der Waals surface area (Å²) in [7, 11) is 0. The molecule has 0 aliphatic carbocycles. The average Bonchev–Trinajstić information content (AvgIpc) is 3.22. The molecule has 5 heteroatoms. The zero-order valence-corrected chi connectivity index (χ0v) is 20.5. The number of hydrogen-bond donors (Lipinski definition) is 2. The fraction of sp³-hybridized carbons (Fsp3) is 0.200. The van der Waals surface area contributed by atoms with Gasteiger partial charge >= 0.3 is 0 Å². The van der Waals surface area contributed by atoms with Crippen molar-refractivity contribution in [1.29, 1.82) is 0 Å². The van der Waals surface area contributed by atoms with Crippen LogP contribution in [0, 0.1) is 0 Å². The first-order valence-corrected chi connectivity index (χ1v) is 11.8. The van der Waals surface area contributed by atoms with Crippen LogP contribution in [0.15, 0.2) is 107 Å². The molecule has 4 aromatic rings. The number of hydrogen-bond acceptors (Lipinski definition) is 4. The van der Waals surface area contributed by atoms with Crippen molar-refractivity contribution in [3.8, 4) is 5.75 Å². The van der Waals surface area contributed by atoms with E-state index in [1.54, 1.807) is 12.1 Å². The first kappa shape index (κ1) is 23.0. The van der Waals surface area contributed by atoms with Gasteiger partial charge in [0.2, 0.25) is 0 Å². The van der Waals surface area contributed by atoms with Gasteiger partial charge in [0.15, 0.2) is 16.5 Å². The SMILES string of the molecule is CC(C)(c1ccccc1)c1cc(C(C)(C)c2ccccc2)c(O)c([N+]2(O)N=c3ccccc3=N2)c1. The molecule has 0 atom stereocenters. The summed E-state index contributed by atoms with van der Waals surface area (Å²) in [6.07, 6.45) is 0. The molecule has 0 saturated carbocycles. The Balaban J connectivity index is 1.79. The van der Waals surface area contributed by atoms with Crippen LogP contribution in [-0.2, 0) is 10.8 Å². The summed E-state index contributed by atoms with van der Waals surface area (Å²) in [5, 5.41) is 33.4. The van der Waals surface area contributed by atoms with Crippen molar-refractivity contribution in [2.24, 2.45) is 10.2 Å². The van der Waals surface area contributed by atoms with Gasteiger partial charge in [-0.25, -0.2) is 0 Å². The quantitative estimate of drug-likeness (QED) is 0.382. The van der Waals surface area contributed by atoms with E-state index in [4.69, 9.17) is 0 Å². The monoisotopic (exact) mass is 464 g/mol. The highest BCUT2D eigenvalue weighted by Gasteiger charge is 2.42. The molecule has 0 radical (unpaired) electrons. The molecule has 0 bridgehead atoms. The minimum Gasteiger partial charge on any atom is -0.502 e. The van der Waals surface area contributed by atoms with Gasteiger partial charge in [0.25, 0.3) is 5.69 Å². The fourth-order valence-electron chi connectivity index (χ4n) is 4.78. The second-order valence-electron chi connectivity index (χ2n) is 10.1. The predicted octanol–water partition coefficient (Wildman–Crippen LogP) is 5.52. The lowest BCUT2D eigenvalue weighted by Gasteiger charge is -2.32. The van der Waals surface area contributed by atoms with Crippen molar-refractivity contribution >= 4 is 5.69 Å². The Morgan fingerprint density at radius 3 is 1.57 bits per heavy atom. The summed E-state index contributed by atoms with van der Waals surface area (Å²) in [6, 6.07) is 31.5. The minimum absolute atomic E-state index is 0.0192. The van der Waals surface area contributed by atoms with E-state index >= 15 is 0 Å². The molecule has 35 heavy (non-hydrogen) atoms. The Hall–Kier alpha value is -3.80. The highest BCUT2D eigenvalue weighted by atomic mass is 16.6. The van der Waals surface area contributed by atoms with Gasteiger partial charge in [-0.15, -0.1) is 0 Å². The van der Waals surface area contributed by atoms with Gasteiger partial charge in [0, 0.05) is 22.5 Å². The number of phenolic OH excluding ortho intramolecular Hbond substituents is 1. The van der Waals surface area contributed by atoms with Gasteiger partial charge in [-0.3, -0.25) is 0 Å². The van der Waals surface area contributed by atoms with Crippen LogP contribution in [0.2, 0.25) is 0 Å². The molecule has 1 aliphatic heterocycles. The Morgan fingerprint density at radius 1 is 0.600 bits per heavy atom. The molecule has 1 aliphatic rings. The molecule has 5 nitrogen and oxygen atoms in total. The number of nitrogens with zero attached hydrogens (tertiary/aromatic N) is 3. The van der Waals surface area contributed by atoms with Crippen molar-refractivity contribution in [2.75, 3.05) is 0 Å². The molecule has 2 N–H and O–H groups in total. The molecule has 4 aromatic carbocycles. The second kappa shape index (κ2) is 8.15. The van der Waals surface area contributed by atoms with E-state index in [2.05, 4.69) is 62.2 Å². The minimum atomic E-state index is -1.08. The summed E-state index contributed by atoms with van der Waals surface area (Å²) in [4.78, 5) is -1.08. The average molecular weight is 465 g/mol. The molecule has 0 unspecified atom stereocenters. The predicted molar refractivity (Wildman–Crippen MR) is 138 cm³/mol. The zero-order valence-electron chi connectivity index (χ0n) is 20.5. The van der Waals surface area contributed by atoms with Crippen LogP contribution < -0.4 is 15.6 Å². The maximum absolute atomic E-state index is 11.7. The Kier molecular flexibility index (Phi) is 5.35. The lowest BCUT2D eigenvalue weighted by Crippen LogP contribution is -2.34. The fourth-order valence-corrected chi connectivity index (χ4v) is 4.78.